The molecule has 40 heavy (non-hydrogen) atoms. The summed E-state index contributed by atoms with van der Waals surface area (Å²) < 4.78 is 13.7. The highest BCUT2D eigenvalue weighted by molar-refractivity contribution is 5.93. The Balaban J connectivity index is 1.20. The van der Waals surface area contributed by atoms with Crippen molar-refractivity contribution < 1.29 is 9.18 Å². The van der Waals surface area contributed by atoms with E-state index < -0.39 is 12.2 Å². The number of halogens is 1. The highest BCUT2D eigenvalue weighted by Gasteiger charge is 2.25. The van der Waals surface area contributed by atoms with E-state index in [2.05, 4.69) is 42.0 Å². The zero-order chi connectivity index (χ0) is 27.9. The molecule has 5 rings (SSSR count). The van der Waals surface area contributed by atoms with Gasteiger partial charge < -0.3 is 20.9 Å². The first-order valence-electron chi connectivity index (χ1n) is 12.9. The van der Waals surface area contributed by atoms with Gasteiger partial charge in [-0.3, -0.25) is 4.79 Å². The van der Waals surface area contributed by atoms with Crippen LogP contribution in [0.4, 0.5) is 27.7 Å². The maximum absolute atomic E-state index is 13.7. The molecule has 0 aliphatic carbocycles. The molecule has 2 atom stereocenters. The average molecular weight is 538 g/mol. The molecule has 3 aromatic heterocycles. The fourth-order valence-corrected chi connectivity index (χ4v) is 4.29. The second kappa shape index (κ2) is 12.3. The number of pyridine rings is 2. The number of hydrogen-bond acceptors (Lipinski definition) is 9. The van der Waals surface area contributed by atoms with Gasteiger partial charge in [-0.25, -0.2) is 24.3 Å². The van der Waals surface area contributed by atoms with Crippen LogP contribution in [0.3, 0.4) is 0 Å². The van der Waals surface area contributed by atoms with E-state index in [-0.39, 0.29) is 12.5 Å². The summed E-state index contributed by atoms with van der Waals surface area (Å²) in [5.41, 5.74) is 3.32. The van der Waals surface area contributed by atoms with E-state index in [0.29, 0.717) is 59.6 Å². The predicted octanol–water partition coefficient (Wildman–Crippen LogP) is 4.21. The van der Waals surface area contributed by atoms with Crippen LogP contribution >= 0.6 is 0 Å². The second-order valence-corrected chi connectivity index (χ2v) is 9.44. The number of rotatable bonds is 9. The first kappa shape index (κ1) is 26.6. The van der Waals surface area contributed by atoms with Gasteiger partial charge in [-0.05, 0) is 43.2 Å². The van der Waals surface area contributed by atoms with Crippen LogP contribution in [-0.4, -0.2) is 51.1 Å². The third kappa shape index (κ3) is 6.54. The van der Waals surface area contributed by atoms with Gasteiger partial charge in [-0.1, -0.05) is 30.3 Å². The molecule has 11 heteroatoms. The molecule has 2 unspecified atom stereocenters. The average Bonchev–Trinajstić information content (AvgIpc) is 3.43. The number of nitrogens with one attached hydrogen (secondary N) is 3. The topological polar surface area (TPSA) is 132 Å². The maximum atomic E-state index is 13.7. The molecular weight excluding hydrogens is 509 g/mol. The molecule has 1 saturated heterocycles. The number of nitrogens with zero attached hydrogens (tertiary/aromatic N) is 6. The number of carbonyl (C=O) groups excluding carboxylic acids is 1. The van der Waals surface area contributed by atoms with Crippen molar-refractivity contribution in [2.45, 2.75) is 32.1 Å². The lowest BCUT2D eigenvalue weighted by atomic mass is 10.1. The number of amides is 1. The van der Waals surface area contributed by atoms with Crippen molar-refractivity contribution in [3.63, 3.8) is 0 Å². The Labute approximate surface area is 231 Å². The summed E-state index contributed by atoms with van der Waals surface area (Å²) in [6.07, 6.45) is 4.33. The van der Waals surface area contributed by atoms with Crippen LogP contribution in [-0.2, 0) is 11.3 Å². The van der Waals surface area contributed by atoms with Crippen molar-refractivity contribution in [3.8, 4) is 17.3 Å². The molecule has 1 aliphatic rings. The molecule has 0 spiro atoms. The van der Waals surface area contributed by atoms with Gasteiger partial charge in [0.05, 0.1) is 35.7 Å². The highest BCUT2D eigenvalue weighted by atomic mass is 19.1. The number of benzene rings is 1. The van der Waals surface area contributed by atoms with Gasteiger partial charge in [-0.2, -0.15) is 5.26 Å². The lowest BCUT2D eigenvalue weighted by Gasteiger charge is -2.18. The molecule has 1 aliphatic heterocycles. The van der Waals surface area contributed by atoms with Crippen LogP contribution in [0.2, 0.25) is 0 Å². The van der Waals surface area contributed by atoms with Crippen LogP contribution in [0, 0.1) is 11.3 Å². The molecule has 1 amide bonds. The van der Waals surface area contributed by atoms with Crippen molar-refractivity contribution >= 4 is 29.2 Å². The van der Waals surface area contributed by atoms with Crippen molar-refractivity contribution in [2.75, 3.05) is 28.6 Å². The number of hydrogen-bond donors (Lipinski definition) is 3. The Morgan fingerprint density at radius 2 is 2.00 bits per heavy atom. The quantitative estimate of drug-likeness (QED) is 0.287. The summed E-state index contributed by atoms with van der Waals surface area (Å²) in [7, 11) is 0. The summed E-state index contributed by atoms with van der Waals surface area (Å²) in [6.45, 7) is 3.15. The molecule has 10 nitrogen and oxygen atoms in total. The molecule has 4 heterocycles. The molecule has 202 valence electrons. The summed E-state index contributed by atoms with van der Waals surface area (Å²) >= 11 is 0. The molecule has 4 aromatic rings. The summed E-state index contributed by atoms with van der Waals surface area (Å²) in [5.74, 6) is 1.05. The summed E-state index contributed by atoms with van der Waals surface area (Å²) in [5, 5.41) is 18.8. The molecule has 3 N–H and O–H groups in total. The van der Waals surface area contributed by atoms with Gasteiger partial charge in [-0.15, -0.1) is 0 Å². The minimum atomic E-state index is -0.908. The largest absolute Gasteiger partial charge is 0.352 e. The highest BCUT2D eigenvalue weighted by Crippen LogP contribution is 2.27. The molecule has 1 fully saturated rings. The van der Waals surface area contributed by atoms with Gasteiger partial charge in [0.1, 0.15) is 23.9 Å². The first-order valence-corrected chi connectivity index (χ1v) is 12.9. The molecular formula is C29H28FN9O. The molecule has 0 saturated carbocycles. The molecule has 0 bridgehead atoms. The number of anilines is 4. The minimum Gasteiger partial charge on any atom is -0.352 e. The Kier molecular flexibility index (Phi) is 8.18. The van der Waals surface area contributed by atoms with E-state index in [1.54, 1.807) is 54.7 Å². The predicted molar refractivity (Wildman–Crippen MR) is 151 cm³/mol. The molecule has 0 radical (unpaired) electrons. The fraction of sp³-hybridized carbons (Fsp3) is 0.241. The van der Waals surface area contributed by atoms with Crippen LogP contribution in [0.15, 0.2) is 73.2 Å². The van der Waals surface area contributed by atoms with Gasteiger partial charge >= 0.3 is 0 Å². The first-order chi connectivity index (χ1) is 19.5. The van der Waals surface area contributed by atoms with Crippen LogP contribution in [0.25, 0.3) is 11.3 Å². The summed E-state index contributed by atoms with van der Waals surface area (Å²) in [6, 6.07) is 18.5. The van der Waals surface area contributed by atoms with Gasteiger partial charge in [0, 0.05) is 31.0 Å². The van der Waals surface area contributed by atoms with Crippen molar-refractivity contribution in [1.29, 1.82) is 5.26 Å². The lowest BCUT2D eigenvalue weighted by molar-refractivity contribution is -0.117. The Morgan fingerprint density at radius 3 is 2.73 bits per heavy atom. The lowest BCUT2D eigenvalue weighted by Crippen LogP contribution is -2.37. The monoisotopic (exact) mass is 537 g/mol. The van der Waals surface area contributed by atoms with Crippen molar-refractivity contribution in [1.82, 2.24) is 25.3 Å². The van der Waals surface area contributed by atoms with Gasteiger partial charge in [0.15, 0.2) is 0 Å². The van der Waals surface area contributed by atoms with E-state index in [1.807, 2.05) is 30.3 Å². The van der Waals surface area contributed by atoms with Crippen LogP contribution < -0.4 is 20.9 Å². The van der Waals surface area contributed by atoms with E-state index in [9.17, 15) is 14.4 Å². The normalized spacial score (nSPS) is 15.3. The Hall–Kier alpha value is -4.95. The SMILES string of the molecule is CC(NCc1ccccc1)C(=O)Nc1ccc(Nc2nccc(-c3cnc(N4CCC(F)C4)c(C#N)c3)n2)cn1. The van der Waals surface area contributed by atoms with E-state index in [4.69, 9.17) is 0 Å². The van der Waals surface area contributed by atoms with E-state index >= 15 is 0 Å². The van der Waals surface area contributed by atoms with Crippen LogP contribution in [0.1, 0.15) is 24.5 Å². The molecule has 1 aromatic carbocycles. The fourth-order valence-electron chi connectivity index (χ4n) is 4.29. The smallest absolute Gasteiger partial charge is 0.242 e. The zero-order valence-electron chi connectivity index (χ0n) is 21.9. The second-order valence-electron chi connectivity index (χ2n) is 9.44. The third-order valence-electron chi connectivity index (χ3n) is 6.49. The van der Waals surface area contributed by atoms with Gasteiger partial charge in [0.2, 0.25) is 11.9 Å². The number of aromatic nitrogens is 4. The standard InChI is InChI=1S/C29H28FN9O/c1-19(33-15-20-5-3-2-4-6-20)28(40)38-26-8-7-24(17-34-26)36-29-32-11-9-25(37-29)22-13-21(14-31)27(35-16-22)39-12-10-23(30)18-39/h2-9,11,13,16-17,19,23,33H,10,12,15,18H2,1H3,(H,32,36,37)(H,34,38,40). The maximum Gasteiger partial charge on any atom is 0.242 e. The van der Waals surface area contributed by atoms with Crippen LogP contribution in [0.5, 0.6) is 0 Å². The van der Waals surface area contributed by atoms with Crippen molar-refractivity contribution in [3.05, 3.63) is 84.3 Å². The van der Waals surface area contributed by atoms with Crippen molar-refractivity contribution in [2.24, 2.45) is 0 Å². The number of alkyl halides is 1. The Bertz CT molecular complexity index is 1510. The summed E-state index contributed by atoms with van der Waals surface area (Å²) in [4.78, 5) is 31.9. The van der Waals surface area contributed by atoms with E-state index in [0.717, 1.165) is 5.56 Å². The Morgan fingerprint density at radius 1 is 1.15 bits per heavy atom. The minimum absolute atomic E-state index is 0.189. The zero-order valence-corrected chi connectivity index (χ0v) is 21.9. The van der Waals surface area contributed by atoms with Gasteiger partial charge in [0.25, 0.3) is 0 Å². The number of nitriles is 1. The van der Waals surface area contributed by atoms with E-state index in [1.165, 1.54) is 0 Å². The number of carbonyl (C=O) groups is 1. The third-order valence-corrected chi connectivity index (χ3v) is 6.49.